The molecule has 172 valence electrons. The Morgan fingerprint density at radius 2 is 1.88 bits per heavy atom. The summed E-state index contributed by atoms with van der Waals surface area (Å²) in [5.41, 5.74) is 5.61. The van der Waals surface area contributed by atoms with Crippen molar-refractivity contribution in [2.45, 2.75) is 19.4 Å². The predicted octanol–water partition coefficient (Wildman–Crippen LogP) is 5.25. The third-order valence-electron chi connectivity index (χ3n) is 5.63. The highest BCUT2D eigenvalue weighted by Crippen LogP contribution is 2.36. The van der Waals surface area contributed by atoms with Crippen LogP contribution in [-0.2, 0) is 0 Å². The monoisotopic (exact) mass is 474 g/mol. The number of benzene rings is 2. The highest BCUT2D eigenvalue weighted by molar-refractivity contribution is 6.33. The minimum Gasteiger partial charge on any atom is -0.368 e. The van der Waals surface area contributed by atoms with Gasteiger partial charge in [-0.25, -0.2) is 13.2 Å². The molecule has 1 amide bonds. The van der Waals surface area contributed by atoms with Gasteiger partial charge in [-0.05, 0) is 42.7 Å². The normalized spacial score (nSPS) is 18.3. The van der Waals surface area contributed by atoms with Gasteiger partial charge in [-0.15, -0.1) is 0 Å². The molecule has 0 aliphatic carbocycles. The van der Waals surface area contributed by atoms with Crippen molar-refractivity contribution in [1.29, 1.82) is 0 Å². The minimum absolute atomic E-state index is 0.0203. The molecule has 0 unspecified atom stereocenters. The Balaban J connectivity index is 1.69. The second-order valence-corrected chi connectivity index (χ2v) is 8.64. The van der Waals surface area contributed by atoms with Crippen LogP contribution in [-0.4, -0.2) is 30.0 Å². The fraction of sp³-hybridized carbons (Fsp3) is 0.250. The van der Waals surface area contributed by atoms with Crippen LogP contribution in [0.5, 0.6) is 0 Å². The van der Waals surface area contributed by atoms with Crippen LogP contribution < -0.4 is 16.0 Å². The molecule has 2 heterocycles. The summed E-state index contributed by atoms with van der Waals surface area (Å²) in [7, 11) is 0. The van der Waals surface area contributed by atoms with Gasteiger partial charge in [0, 0.05) is 30.9 Å². The number of anilines is 2. The lowest BCUT2D eigenvalue weighted by Crippen LogP contribution is -2.46. The van der Waals surface area contributed by atoms with Crippen LogP contribution in [0.1, 0.15) is 23.7 Å². The lowest BCUT2D eigenvalue weighted by molar-refractivity contribution is 0.102. The first-order valence-electron chi connectivity index (χ1n) is 10.4. The van der Waals surface area contributed by atoms with Crippen molar-refractivity contribution in [2.75, 3.05) is 23.3 Å². The molecule has 1 saturated heterocycles. The highest BCUT2D eigenvalue weighted by atomic mass is 35.5. The summed E-state index contributed by atoms with van der Waals surface area (Å²) in [4.78, 5) is 19.1. The van der Waals surface area contributed by atoms with Gasteiger partial charge in [-0.1, -0.05) is 24.6 Å². The third kappa shape index (κ3) is 4.67. The van der Waals surface area contributed by atoms with Crippen LogP contribution in [0.2, 0.25) is 5.02 Å². The molecule has 2 aromatic carbocycles. The van der Waals surface area contributed by atoms with Gasteiger partial charge in [0.1, 0.15) is 17.5 Å². The number of nitrogens with one attached hydrogen (secondary N) is 1. The van der Waals surface area contributed by atoms with E-state index in [4.69, 9.17) is 17.3 Å². The molecule has 1 aromatic heterocycles. The number of rotatable bonds is 4. The number of amides is 1. The number of nitrogens with zero attached hydrogens (tertiary/aromatic N) is 2. The average Bonchev–Trinajstić information content (AvgIpc) is 2.75. The van der Waals surface area contributed by atoms with Gasteiger partial charge in [-0.2, -0.15) is 0 Å². The lowest BCUT2D eigenvalue weighted by atomic mass is 9.96. The van der Waals surface area contributed by atoms with E-state index in [0.29, 0.717) is 23.8 Å². The maximum atomic E-state index is 15.3. The number of aromatic nitrogens is 1. The van der Waals surface area contributed by atoms with Crippen molar-refractivity contribution in [3.8, 4) is 11.1 Å². The Hall–Kier alpha value is -3.10. The lowest BCUT2D eigenvalue weighted by Gasteiger charge is -2.37. The van der Waals surface area contributed by atoms with E-state index in [1.54, 1.807) is 12.3 Å². The summed E-state index contributed by atoms with van der Waals surface area (Å²) in [6.07, 6.45) is 3.94. The van der Waals surface area contributed by atoms with E-state index in [1.807, 2.05) is 4.90 Å². The quantitative estimate of drug-likeness (QED) is 0.542. The van der Waals surface area contributed by atoms with E-state index in [2.05, 4.69) is 17.2 Å². The molecule has 0 bridgehead atoms. The van der Waals surface area contributed by atoms with Gasteiger partial charge in [-0.3, -0.25) is 9.78 Å². The molecule has 0 radical (unpaired) electrons. The molecular weight excluding hydrogens is 453 g/mol. The van der Waals surface area contributed by atoms with Crippen LogP contribution in [0.15, 0.2) is 48.8 Å². The van der Waals surface area contributed by atoms with E-state index in [0.717, 1.165) is 31.2 Å². The Labute approximate surface area is 194 Å². The zero-order valence-electron chi connectivity index (χ0n) is 17.8. The van der Waals surface area contributed by atoms with Crippen molar-refractivity contribution in [3.05, 3.63) is 76.8 Å². The predicted molar refractivity (Wildman–Crippen MR) is 123 cm³/mol. The number of carbonyl (C=O) groups excluding carboxylic acids is 1. The maximum absolute atomic E-state index is 15.3. The van der Waals surface area contributed by atoms with Crippen molar-refractivity contribution in [2.24, 2.45) is 11.7 Å². The van der Waals surface area contributed by atoms with Crippen molar-refractivity contribution < 1.29 is 18.0 Å². The van der Waals surface area contributed by atoms with E-state index < -0.39 is 40.0 Å². The number of hydrogen-bond donors (Lipinski definition) is 2. The van der Waals surface area contributed by atoms with Crippen molar-refractivity contribution in [1.82, 2.24) is 4.98 Å². The number of hydrogen-bond acceptors (Lipinski definition) is 4. The number of piperidine rings is 1. The molecule has 1 aliphatic heterocycles. The molecule has 3 aromatic rings. The van der Waals surface area contributed by atoms with Gasteiger partial charge in [0.05, 0.1) is 33.7 Å². The first-order valence-corrected chi connectivity index (χ1v) is 10.8. The minimum atomic E-state index is -1.21. The fourth-order valence-electron chi connectivity index (χ4n) is 4.24. The summed E-state index contributed by atoms with van der Waals surface area (Å²) in [6, 6.07) is 7.32. The van der Waals surface area contributed by atoms with Crippen LogP contribution in [0.4, 0.5) is 24.5 Å². The highest BCUT2D eigenvalue weighted by Gasteiger charge is 2.27. The summed E-state index contributed by atoms with van der Waals surface area (Å²) in [5.74, 6) is -3.62. The number of nitrogens with two attached hydrogens (primary N) is 1. The molecule has 3 N–H and O–H groups in total. The molecule has 9 heteroatoms. The molecule has 5 nitrogen and oxygen atoms in total. The van der Waals surface area contributed by atoms with Crippen LogP contribution in [0.25, 0.3) is 11.1 Å². The average molecular weight is 475 g/mol. The first kappa shape index (κ1) is 23.1. The Kier molecular flexibility index (Phi) is 6.58. The van der Waals surface area contributed by atoms with Crippen LogP contribution >= 0.6 is 11.6 Å². The van der Waals surface area contributed by atoms with E-state index in [-0.39, 0.29) is 11.1 Å². The third-order valence-corrected chi connectivity index (χ3v) is 5.94. The Morgan fingerprint density at radius 3 is 2.61 bits per heavy atom. The molecule has 4 rings (SSSR count). The maximum Gasteiger partial charge on any atom is 0.258 e. The molecule has 0 saturated carbocycles. The van der Waals surface area contributed by atoms with Gasteiger partial charge in [0.2, 0.25) is 0 Å². The van der Waals surface area contributed by atoms with Gasteiger partial charge in [0.15, 0.2) is 0 Å². The summed E-state index contributed by atoms with van der Waals surface area (Å²) < 4.78 is 44.2. The second kappa shape index (κ2) is 9.41. The number of halogens is 4. The summed E-state index contributed by atoms with van der Waals surface area (Å²) in [5, 5.41) is 2.48. The van der Waals surface area contributed by atoms with Crippen molar-refractivity contribution in [3.63, 3.8) is 0 Å². The first-order chi connectivity index (χ1) is 15.8. The zero-order valence-corrected chi connectivity index (χ0v) is 18.5. The van der Waals surface area contributed by atoms with Gasteiger partial charge >= 0.3 is 0 Å². The molecule has 1 aliphatic rings. The summed E-state index contributed by atoms with van der Waals surface area (Å²) >= 11 is 6.00. The summed E-state index contributed by atoms with van der Waals surface area (Å²) in [6.45, 7) is 3.42. The van der Waals surface area contributed by atoms with Gasteiger partial charge < -0.3 is 16.0 Å². The number of carbonyl (C=O) groups is 1. The topological polar surface area (TPSA) is 71.2 Å². The van der Waals surface area contributed by atoms with E-state index in [9.17, 15) is 13.6 Å². The SMILES string of the molecule is C[C@@H]1C[C@H](N)CN(c2ccncc2NC(=O)c2ccc(F)c(-c3c(F)cccc3Cl)c2F)C1. The second-order valence-electron chi connectivity index (χ2n) is 8.23. The van der Waals surface area contributed by atoms with Crippen LogP contribution in [0, 0.1) is 23.4 Å². The largest absolute Gasteiger partial charge is 0.368 e. The molecule has 33 heavy (non-hydrogen) atoms. The van der Waals surface area contributed by atoms with E-state index >= 15 is 4.39 Å². The van der Waals surface area contributed by atoms with E-state index in [1.165, 1.54) is 18.3 Å². The van der Waals surface area contributed by atoms with Crippen molar-refractivity contribution >= 4 is 28.9 Å². The standard InChI is InChI=1S/C24H22ClF3N4O/c1-13-9-14(29)12-32(11-13)20-7-8-30-10-19(20)31-24(33)15-5-6-18(27)22(23(15)28)21-16(25)3-2-4-17(21)26/h2-8,10,13-14H,9,11-12,29H2,1H3,(H,31,33)/t13-,14+/m1/s1. The van der Waals surface area contributed by atoms with Gasteiger partial charge in [0.25, 0.3) is 5.91 Å². The Bertz CT molecular complexity index is 1180. The molecule has 2 atom stereocenters. The molecular formula is C24H22ClF3N4O. The fourth-order valence-corrected chi connectivity index (χ4v) is 4.50. The number of pyridine rings is 1. The Morgan fingerprint density at radius 1 is 1.12 bits per heavy atom. The molecule has 0 spiro atoms. The smallest absolute Gasteiger partial charge is 0.258 e. The van der Waals surface area contributed by atoms with Crippen LogP contribution in [0.3, 0.4) is 0 Å². The molecule has 1 fully saturated rings. The zero-order chi connectivity index (χ0) is 23.7.